The number of esters is 1. The fourth-order valence-corrected chi connectivity index (χ4v) is 3.02. The van der Waals surface area contributed by atoms with Crippen molar-refractivity contribution in [1.29, 1.82) is 0 Å². The lowest BCUT2D eigenvalue weighted by Crippen LogP contribution is -2.16. The summed E-state index contributed by atoms with van der Waals surface area (Å²) in [5.41, 5.74) is 2.13. The Kier molecular flexibility index (Phi) is 3.61. The van der Waals surface area contributed by atoms with Crippen LogP contribution in [0.25, 0.3) is 21.9 Å². The molecule has 5 nitrogen and oxygen atoms in total. The number of hydrogen-bond acceptors (Lipinski definition) is 4. The molecule has 0 unspecified atom stereocenters. The maximum absolute atomic E-state index is 12.8. The minimum absolute atomic E-state index is 0.0335. The summed E-state index contributed by atoms with van der Waals surface area (Å²) in [6.45, 7) is 0.0335. The van der Waals surface area contributed by atoms with Crippen LogP contribution in [0.3, 0.4) is 0 Å². The summed E-state index contributed by atoms with van der Waals surface area (Å²) in [5.74, 6) is -0.590. The van der Waals surface area contributed by atoms with Gasteiger partial charge in [-0.3, -0.25) is 4.79 Å². The van der Waals surface area contributed by atoms with E-state index in [1.807, 2.05) is 36.4 Å². The van der Waals surface area contributed by atoms with Crippen molar-refractivity contribution in [3.63, 3.8) is 0 Å². The van der Waals surface area contributed by atoms with Crippen LogP contribution in [0.2, 0.25) is 0 Å². The minimum atomic E-state index is -0.502. The van der Waals surface area contributed by atoms with Crippen molar-refractivity contribution in [2.75, 3.05) is 7.11 Å². The second-order valence-electron chi connectivity index (χ2n) is 5.76. The maximum atomic E-state index is 12.8. The SMILES string of the molecule is COC(=O)c1cc2occc2n1CC(=O)c1ccc2ccccc2c1. The first kappa shape index (κ1) is 15.2. The molecule has 0 aliphatic heterocycles. The summed E-state index contributed by atoms with van der Waals surface area (Å²) < 4.78 is 11.8. The number of furan rings is 1. The van der Waals surface area contributed by atoms with Gasteiger partial charge in [0.1, 0.15) is 5.69 Å². The molecule has 0 aliphatic carbocycles. The number of carbonyl (C=O) groups is 2. The Balaban J connectivity index is 1.73. The number of benzene rings is 2. The number of fused-ring (bicyclic) bond motifs is 2. The molecular weight excluding hydrogens is 318 g/mol. The second-order valence-corrected chi connectivity index (χ2v) is 5.76. The van der Waals surface area contributed by atoms with Crippen molar-refractivity contribution in [2.45, 2.75) is 6.54 Å². The zero-order valence-corrected chi connectivity index (χ0v) is 13.6. The molecule has 124 valence electrons. The summed E-state index contributed by atoms with van der Waals surface area (Å²) in [5, 5.41) is 2.08. The monoisotopic (exact) mass is 333 g/mol. The van der Waals surface area contributed by atoms with E-state index in [1.165, 1.54) is 13.4 Å². The van der Waals surface area contributed by atoms with Gasteiger partial charge < -0.3 is 13.7 Å². The van der Waals surface area contributed by atoms with Crippen molar-refractivity contribution in [2.24, 2.45) is 0 Å². The Morgan fingerprint density at radius 2 is 1.84 bits per heavy atom. The van der Waals surface area contributed by atoms with Crippen LogP contribution in [0.15, 0.2) is 65.3 Å². The number of rotatable bonds is 4. The average molecular weight is 333 g/mol. The van der Waals surface area contributed by atoms with E-state index in [4.69, 9.17) is 9.15 Å². The van der Waals surface area contributed by atoms with Crippen LogP contribution in [0, 0.1) is 0 Å². The lowest BCUT2D eigenvalue weighted by molar-refractivity contribution is 0.0589. The van der Waals surface area contributed by atoms with Crippen LogP contribution in [0.1, 0.15) is 20.8 Å². The quantitative estimate of drug-likeness (QED) is 0.417. The number of Topliss-reactive ketones (excluding diaryl/α,β-unsaturated/α-hetero) is 1. The fourth-order valence-electron chi connectivity index (χ4n) is 3.02. The first-order chi connectivity index (χ1) is 12.2. The third-order valence-corrected chi connectivity index (χ3v) is 4.29. The van der Waals surface area contributed by atoms with E-state index in [0.717, 1.165) is 10.8 Å². The van der Waals surface area contributed by atoms with E-state index in [-0.39, 0.29) is 12.3 Å². The maximum Gasteiger partial charge on any atom is 0.354 e. The highest BCUT2D eigenvalue weighted by Gasteiger charge is 2.20. The molecule has 0 fully saturated rings. The highest BCUT2D eigenvalue weighted by Crippen LogP contribution is 2.23. The molecule has 2 heterocycles. The standard InChI is InChI=1S/C20H15NO4/c1-24-20(23)17-11-19-16(8-9-25-19)21(17)12-18(22)15-7-6-13-4-2-3-5-14(13)10-15/h2-11H,12H2,1H3. The third kappa shape index (κ3) is 2.59. The molecule has 0 amide bonds. The Morgan fingerprint density at radius 3 is 2.64 bits per heavy atom. The number of carbonyl (C=O) groups excluding carboxylic acids is 2. The summed E-state index contributed by atoms with van der Waals surface area (Å²) in [4.78, 5) is 24.8. The highest BCUT2D eigenvalue weighted by molar-refractivity contribution is 6.01. The zero-order chi connectivity index (χ0) is 17.4. The largest absolute Gasteiger partial charge is 0.464 e. The van der Waals surface area contributed by atoms with Gasteiger partial charge in [-0.2, -0.15) is 0 Å². The number of nitrogens with zero attached hydrogens (tertiary/aromatic N) is 1. The van der Waals surface area contributed by atoms with Gasteiger partial charge in [-0.1, -0.05) is 36.4 Å². The van der Waals surface area contributed by atoms with Crippen LogP contribution in [-0.4, -0.2) is 23.4 Å². The number of methoxy groups -OCH3 is 1. The molecule has 0 radical (unpaired) electrons. The number of ketones is 1. The van der Waals surface area contributed by atoms with Gasteiger partial charge in [0.05, 0.1) is 25.4 Å². The van der Waals surface area contributed by atoms with Gasteiger partial charge in [0.2, 0.25) is 0 Å². The van der Waals surface area contributed by atoms with Crippen LogP contribution in [0.5, 0.6) is 0 Å². The van der Waals surface area contributed by atoms with Gasteiger partial charge in [0, 0.05) is 17.7 Å². The molecule has 0 aliphatic rings. The van der Waals surface area contributed by atoms with Crippen molar-refractivity contribution >= 4 is 33.6 Å². The fraction of sp³-hybridized carbons (Fsp3) is 0.100. The Morgan fingerprint density at radius 1 is 1.04 bits per heavy atom. The first-order valence-electron chi connectivity index (χ1n) is 7.84. The Bertz CT molecular complexity index is 1100. The number of aromatic nitrogens is 1. The summed E-state index contributed by atoms with van der Waals surface area (Å²) in [7, 11) is 1.31. The van der Waals surface area contributed by atoms with Crippen LogP contribution in [-0.2, 0) is 11.3 Å². The molecule has 0 saturated heterocycles. The zero-order valence-electron chi connectivity index (χ0n) is 13.6. The highest BCUT2D eigenvalue weighted by atomic mass is 16.5. The second kappa shape index (κ2) is 5.94. The molecular formula is C20H15NO4. The molecule has 0 atom stereocenters. The minimum Gasteiger partial charge on any atom is -0.464 e. The first-order valence-corrected chi connectivity index (χ1v) is 7.84. The van der Waals surface area contributed by atoms with Gasteiger partial charge in [-0.25, -0.2) is 4.79 Å². The van der Waals surface area contributed by atoms with Gasteiger partial charge in [0.25, 0.3) is 0 Å². The molecule has 0 spiro atoms. The van der Waals surface area contributed by atoms with E-state index in [0.29, 0.717) is 22.4 Å². The molecule has 2 aromatic carbocycles. The van der Waals surface area contributed by atoms with Crippen molar-refractivity contribution < 1.29 is 18.7 Å². The summed E-state index contributed by atoms with van der Waals surface area (Å²) in [6.07, 6.45) is 1.53. The van der Waals surface area contributed by atoms with Crippen LogP contribution in [0.4, 0.5) is 0 Å². The predicted octanol–water partition coefficient (Wildman–Crippen LogP) is 4.06. The third-order valence-electron chi connectivity index (χ3n) is 4.29. The lowest BCUT2D eigenvalue weighted by Gasteiger charge is -2.09. The van der Waals surface area contributed by atoms with Gasteiger partial charge in [0.15, 0.2) is 11.4 Å². The summed E-state index contributed by atoms with van der Waals surface area (Å²) in [6, 6.07) is 16.8. The molecule has 0 bridgehead atoms. The van der Waals surface area contributed by atoms with E-state index >= 15 is 0 Å². The van der Waals surface area contributed by atoms with E-state index < -0.39 is 5.97 Å². The predicted molar refractivity (Wildman–Crippen MR) is 93.8 cm³/mol. The Hall–Kier alpha value is -3.34. The van der Waals surface area contributed by atoms with Crippen LogP contribution < -0.4 is 0 Å². The van der Waals surface area contributed by atoms with Crippen molar-refractivity contribution in [3.05, 3.63) is 72.1 Å². The molecule has 4 aromatic rings. The lowest BCUT2D eigenvalue weighted by atomic mass is 10.0. The molecule has 5 heteroatoms. The smallest absolute Gasteiger partial charge is 0.354 e. The number of hydrogen-bond donors (Lipinski definition) is 0. The normalized spacial score (nSPS) is 11.1. The molecule has 0 N–H and O–H groups in total. The van der Waals surface area contributed by atoms with Crippen LogP contribution >= 0.6 is 0 Å². The van der Waals surface area contributed by atoms with E-state index in [2.05, 4.69) is 0 Å². The van der Waals surface area contributed by atoms with Gasteiger partial charge >= 0.3 is 5.97 Å². The van der Waals surface area contributed by atoms with Gasteiger partial charge in [-0.15, -0.1) is 0 Å². The van der Waals surface area contributed by atoms with E-state index in [9.17, 15) is 9.59 Å². The summed E-state index contributed by atoms with van der Waals surface area (Å²) >= 11 is 0. The number of ether oxygens (including phenoxy) is 1. The van der Waals surface area contributed by atoms with E-state index in [1.54, 1.807) is 22.8 Å². The molecule has 4 rings (SSSR count). The van der Waals surface area contributed by atoms with Crippen molar-refractivity contribution in [1.82, 2.24) is 4.57 Å². The van der Waals surface area contributed by atoms with Crippen molar-refractivity contribution in [3.8, 4) is 0 Å². The molecule has 25 heavy (non-hydrogen) atoms. The van der Waals surface area contributed by atoms with Gasteiger partial charge in [-0.05, 0) is 16.8 Å². The average Bonchev–Trinajstić information content (AvgIpc) is 3.23. The topological polar surface area (TPSA) is 61.4 Å². The molecule has 2 aromatic heterocycles. The molecule has 0 saturated carbocycles. The Labute approximate surface area is 143 Å².